The average molecular weight is 482 g/mol. The van der Waals surface area contributed by atoms with Crippen molar-refractivity contribution in [3.8, 4) is 0 Å². The summed E-state index contributed by atoms with van der Waals surface area (Å²) in [6.07, 6.45) is 2.43. The molecule has 1 saturated heterocycles. The molecule has 0 N–H and O–H groups in total. The van der Waals surface area contributed by atoms with Crippen LogP contribution in [0.1, 0.15) is 19.3 Å². The lowest BCUT2D eigenvalue weighted by Gasteiger charge is -2.28. The van der Waals surface area contributed by atoms with E-state index in [-0.39, 0.29) is 28.8 Å². The van der Waals surface area contributed by atoms with Crippen LogP contribution in [-0.2, 0) is 9.59 Å². The molecule has 4 rings (SSSR count). The molecule has 0 unspecified atom stereocenters. The van der Waals surface area contributed by atoms with E-state index in [2.05, 4.69) is 91.0 Å². The fourth-order valence-electron chi connectivity index (χ4n) is 4.22. The van der Waals surface area contributed by atoms with Crippen LogP contribution >= 0.6 is 7.26 Å². The first-order valence-electron chi connectivity index (χ1n) is 10.1. The Hall–Kier alpha value is -2.29. The standard InChI is InChI=1S/C25H25NO2P.BrH/c27-24-17-18-25(28)26(24)19-10-20-29(21-11-4-1-5-12-21,22-13-6-2-7-14-22)23-15-8-3-9-16-23;/h1-9,11-16H,10,17-20H2;1H/q+1;/p-1. The average Bonchev–Trinajstić information content (AvgIpc) is 3.11. The maximum absolute atomic E-state index is 12.1. The summed E-state index contributed by atoms with van der Waals surface area (Å²) in [5, 5.41) is 3.99. The van der Waals surface area contributed by atoms with Crippen molar-refractivity contribution < 1.29 is 26.6 Å². The molecule has 3 aromatic rings. The smallest absolute Gasteiger partial charge is 0.229 e. The highest BCUT2D eigenvalue weighted by molar-refractivity contribution is 7.95. The predicted octanol–water partition coefficient (Wildman–Crippen LogP) is 0.524. The van der Waals surface area contributed by atoms with Crippen LogP contribution in [0.5, 0.6) is 0 Å². The van der Waals surface area contributed by atoms with Crippen LogP contribution in [-0.4, -0.2) is 29.4 Å². The quantitative estimate of drug-likeness (QED) is 0.364. The summed E-state index contributed by atoms with van der Waals surface area (Å²) in [7, 11) is -1.90. The zero-order chi connectivity index (χ0) is 20.1. The Bertz CT molecular complexity index is 867. The second-order valence-corrected chi connectivity index (χ2v) is 10.9. The Morgan fingerprint density at radius 3 is 1.37 bits per heavy atom. The molecule has 0 radical (unpaired) electrons. The first kappa shape index (κ1) is 22.4. The normalized spacial score (nSPS) is 13.9. The zero-order valence-electron chi connectivity index (χ0n) is 16.8. The Morgan fingerprint density at radius 2 is 1.00 bits per heavy atom. The molecule has 0 aliphatic carbocycles. The second-order valence-electron chi connectivity index (χ2n) is 7.33. The van der Waals surface area contributed by atoms with Crippen molar-refractivity contribution in [1.82, 2.24) is 4.90 Å². The van der Waals surface area contributed by atoms with Crippen molar-refractivity contribution in [3.63, 3.8) is 0 Å². The minimum absolute atomic E-state index is 0. The van der Waals surface area contributed by atoms with Gasteiger partial charge in [0.15, 0.2) is 0 Å². The van der Waals surface area contributed by atoms with E-state index in [1.165, 1.54) is 20.8 Å². The number of benzene rings is 3. The van der Waals surface area contributed by atoms with Crippen molar-refractivity contribution in [2.75, 3.05) is 12.7 Å². The molecule has 0 atom stereocenters. The molecule has 0 spiro atoms. The number of carbonyl (C=O) groups excluding carboxylic acids is 2. The number of hydrogen-bond acceptors (Lipinski definition) is 2. The number of rotatable bonds is 7. The number of likely N-dealkylation sites (tertiary alicyclic amines) is 1. The van der Waals surface area contributed by atoms with Gasteiger partial charge >= 0.3 is 0 Å². The van der Waals surface area contributed by atoms with Crippen LogP contribution in [0.3, 0.4) is 0 Å². The van der Waals surface area contributed by atoms with Crippen LogP contribution in [0.15, 0.2) is 91.0 Å². The van der Waals surface area contributed by atoms with Crippen LogP contribution in [0, 0.1) is 0 Å². The van der Waals surface area contributed by atoms with Crippen LogP contribution < -0.4 is 32.9 Å². The van der Waals surface area contributed by atoms with Gasteiger partial charge in [-0.05, 0) is 36.4 Å². The third kappa shape index (κ3) is 4.40. The summed E-state index contributed by atoms with van der Waals surface area (Å²) in [5.41, 5.74) is 0. The van der Waals surface area contributed by atoms with Gasteiger partial charge in [0.1, 0.15) is 23.2 Å². The second kappa shape index (κ2) is 10.1. The van der Waals surface area contributed by atoms with E-state index >= 15 is 0 Å². The van der Waals surface area contributed by atoms with Crippen molar-refractivity contribution in [1.29, 1.82) is 0 Å². The molecule has 3 aromatic carbocycles. The number of hydrogen-bond donors (Lipinski definition) is 0. The number of carbonyl (C=O) groups is 2. The first-order valence-corrected chi connectivity index (χ1v) is 12.1. The van der Waals surface area contributed by atoms with Gasteiger partial charge in [-0.2, -0.15) is 0 Å². The Labute approximate surface area is 189 Å². The predicted molar refractivity (Wildman–Crippen MR) is 121 cm³/mol. The van der Waals surface area contributed by atoms with Crippen LogP contribution in [0.25, 0.3) is 0 Å². The zero-order valence-corrected chi connectivity index (χ0v) is 19.3. The summed E-state index contributed by atoms with van der Waals surface area (Å²) >= 11 is 0. The Balaban J connectivity index is 0.00000256. The van der Waals surface area contributed by atoms with Gasteiger partial charge in [0.25, 0.3) is 0 Å². The molecule has 1 aliphatic heterocycles. The van der Waals surface area contributed by atoms with Gasteiger partial charge in [-0.15, -0.1) is 0 Å². The third-order valence-corrected chi connectivity index (χ3v) is 10.1. The molecule has 1 aliphatic rings. The van der Waals surface area contributed by atoms with Gasteiger partial charge in [-0.3, -0.25) is 14.5 Å². The lowest BCUT2D eigenvalue weighted by Crippen LogP contribution is -3.00. The topological polar surface area (TPSA) is 37.4 Å². The number of imide groups is 1. The number of halogens is 1. The molecular weight excluding hydrogens is 457 g/mol. The minimum atomic E-state index is -1.90. The molecular formula is C25H25BrNO2P. The minimum Gasteiger partial charge on any atom is -1.00 e. The number of amides is 2. The van der Waals surface area contributed by atoms with E-state index in [4.69, 9.17) is 0 Å². The largest absolute Gasteiger partial charge is 1.00 e. The molecule has 0 bridgehead atoms. The molecule has 1 fully saturated rings. The van der Waals surface area contributed by atoms with Gasteiger partial charge < -0.3 is 17.0 Å². The van der Waals surface area contributed by atoms with Crippen molar-refractivity contribution in [2.45, 2.75) is 19.3 Å². The maximum Gasteiger partial charge on any atom is 0.229 e. The maximum atomic E-state index is 12.1. The fraction of sp³-hybridized carbons (Fsp3) is 0.200. The van der Waals surface area contributed by atoms with Crippen molar-refractivity contribution >= 4 is 35.0 Å². The lowest BCUT2D eigenvalue weighted by atomic mass is 10.3. The van der Waals surface area contributed by atoms with Gasteiger partial charge in [-0.1, -0.05) is 54.6 Å². The molecule has 0 saturated carbocycles. The lowest BCUT2D eigenvalue weighted by molar-refractivity contribution is -0.138. The van der Waals surface area contributed by atoms with Gasteiger partial charge in [0.05, 0.1) is 6.16 Å². The third-order valence-electron chi connectivity index (χ3n) is 5.62. The summed E-state index contributed by atoms with van der Waals surface area (Å²) in [5.74, 6) is -0.0591. The summed E-state index contributed by atoms with van der Waals surface area (Å²) in [6, 6.07) is 32.1. The SMILES string of the molecule is O=C1CCC(=O)N1CCC[P+](c1ccccc1)(c1ccccc1)c1ccccc1.[Br-]. The van der Waals surface area contributed by atoms with E-state index in [0.717, 1.165) is 12.6 Å². The van der Waals surface area contributed by atoms with Crippen LogP contribution in [0.2, 0.25) is 0 Å². The van der Waals surface area contributed by atoms with Gasteiger partial charge in [-0.25, -0.2) is 0 Å². The molecule has 2 amide bonds. The van der Waals surface area contributed by atoms with Crippen molar-refractivity contribution in [3.05, 3.63) is 91.0 Å². The molecule has 30 heavy (non-hydrogen) atoms. The van der Waals surface area contributed by atoms with E-state index in [1.807, 2.05) is 0 Å². The van der Waals surface area contributed by atoms with E-state index in [0.29, 0.717) is 19.4 Å². The Kier molecular flexibility index (Phi) is 7.58. The Morgan fingerprint density at radius 1 is 0.633 bits per heavy atom. The highest BCUT2D eigenvalue weighted by Crippen LogP contribution is 2.55. The van der Waals surface area contributed by atoms with Crippen LogP contribution in [0.4, 0.5) is 0 Å². The monoisotopic (exact) mass is 481 g/mol. The molecule has 0 aromatic heterocycles. The van der Waals surface area contributed by atoms with Crippen molar-refractivity contribution in [2.24, 2.45) is 0 Å². The molecule has 154 valence electrons. The summed E-state index contributed by atoms with van der Waals surface area (Å²) in [4.78, 5) is 25.6. The highest BCUT2D eigenvalue weighted by Gasteiger charge is 2.45. The fourth-order valence-corrected chi connectivity index (χ4v) is 8.55. The van der Waals surface area contributed by atoms with Gasteiger partial charge in [0.2, 0.25) is 11.8 Å². The van der Waals surface area contributed by atoms with E-state index in [9.17, 15) is 9.59 Å². The van der Waals surface area contributed by atoms with Gasteiger partial charge in [0, 0.05) is 25.8 Å². The molecule has 3 nitrogen and oxygen atoms in total. The number of nitrogens with zero attached hydrogens (tertiary/aromatic N) is 1. The first-order chi connectivity index (χ1) is 14.2. The summed E-state index contributed by atoms with van der Waals surface area (Å²) in [6.45, 7) is 0.506. The highest BCUT2D eigenvalue weighted by atomic mass is 79.9. The summed E-state index contributed by atoms with van der Waals surface area (Å²) < 4.78 is 0. The molecule has 1 heterocycles. The van der Waals surface area contributed by atoms with E-state index < -0.39 is 7.26 Å². The van der Waals surface area contributed by atoms with E-state index in [1.54, 1.807) is 0 Å². The molecule has 5 heteroatoms.